The van der Waals surface area contributed by atoms with Crippen molar-refractivity contribution in [1.82, 2.24) is 0 Å². The minimum atomic E-state index is -4.35. The Morgan fingerprint density at radius 1 is 1.17 bits per heavy atom. The molecule has 0 spiro atoms. The minimum absolute atomic E-state index is 1.56. The van der Waals surface area contributed by atoms with Gasteiger partial charge in [-0.05, 0) is 0 Å². The summed E-state index contributed by atoms with van der Waals surface area (Å²) in [6.45, 7) is -3.25. The molecule has 0 aliphatic carbocycles. The van der Waals surface area contributed by atoms with Gasteiger partial charge in [-0.3, -0.25) is 0 Å². The minimum Gasteiger partial charge on any atom is -0.344 e. The molecule has 0 saturated carbocycles. The van der Waals surface area contributed by atoms with E-state index in [2.05, 4.69) is 4.74 Å². The van der Waals surface area contributed by atoms with Gasteiger partial charge in [0.05, 0.1) is 0 Å². The fourth-order valence-corrected chi connectivity index (χ4v) is 0.439. The van der Waals surface area contributed by atoms with Crippen molar-refractivity contribution in [3.05, 3.63) is 0 Å². The van der Waals surface area contributed by atoms with Crippen molar-refractivity contribution >= 4 is 0 Å². The fraction of sp³-hybridized carbons (Fsp3) is 1.00. The summed E-state index contributed by atoms with van der Waals surface area (Å²) in [7, 11) is 0. The second-order valence-corrected chi connectivity index (χ2v) is 1.95. The average molecular weight is 196 g/mol. The number of rotatable bonds is 5. The zero-order valence-electron chi connectivity index (χ0n) is 5.74. The van der Waals surface area contributed by atoms with E-state index in [0.29, 0.717) is 0 Å². The summed E-state index contributed by atoms with van der Waals surface area (Å²) in [5, 5.41) is 0. The molecule has 1 atom stereocenters. The lowest BCUT2D eigenvalue weighted by molar-refractivity contribution is -0.168. The standard InChI is InChI=1S/C5H6F6O/c6-2-12-1-5(10,11)3(7)4(8)9/h3-4H,1-2H2. The third-order valence-electron chi connectivity index (χ3n) is 0.996. The zero-order chi connectivity index (χ0) is 9.78. The Bertz CT molecular complexity index is 127. The van der Waals surface area contributed by atoms with E-state index < -0.39 is 32.0 Å². The van der Waals surface area contributed by atoms with Crippen molar-refractivity contribution in [2.75, 3.05) is 13.5 Å². The first-order chi connectivity index (χ1) is 5.41. The highest BCUT2D eigenvalue weighted by molar-refractivity contribution is 4.78. The van der Waals surface area contributed by atoms with Gasteiger partial charge >= 0.3 is 5.92 Å². The Balaban J connectivity index is 3.99. The maximum absolute atomic E-state index is 12.1. The van der Waals surface area contributed by atoms with Crippen LogP contribution in [-0.2, 0) is 4.74 Å². The first-order valence-electron chi connectivity index (χ1n) is 2.85. The van der Waals surface area contributed by atoms with E-state index in [1.165, 1.54) is 0 Å². The Hall–Kier alpha value is -0.460. The van der Waals surface area contributed by atoms with E-state index >= 15 is 0 Å². The highest BCUT2D eigenvalue weighted by Crippen LogP contribution is 2.26. The van der Waals surface area contributed by atoms with Crippen molar-refractivity contribution in [1.29, 1.82) is 0 Å². The van der Waals surface area contributed by atoms with Gasteiger partial charge in [0.2, 0.25) is 6.17 Å². The predicted octanol–water partition coefficient (Wildman–Crippen LogP) is 2.17. The number of alkyl halides is 6. The van der Waals surface area contributed by atoms with Crippen LogP contribution in [0.5, 0.6) is 0 Å². The molecule has 0 bridgehead atoms. The average Bonchev–Trinajstić information content (AvgIpc) is 1.99. The fourth-order valence-electron chi connectivity index (χ4n) is 0.439. The Morgan fingerprint density at radius 2 is 1.67 bits per heavy atom. The molecule has 7 heteroatoms. The van der Waals surface area contributed by atoms with Crippen molar-refractivity contribution in [3.63, 3.8) is 0 Å². The molecule has 0 amide bonds. The summed E-state index contributed by atoms with van der Waals surface area (Å²) in [4.78, 5) is 0. The van der Waals surface area contributed by atoms with Gasteiger partial charge in [-0.25, -0.2) is 26.3 Å². The molecular weight excluding hydrogens is 190 g/mol. The van der Waals surface area contributed by atoms with E-state index in [0.717, 1.165) is 0 Å². The first kappa shape index (κ1) is 11.5. The summed E-state index contributed by atoms with van der Waals surface area (Å²) in [6.07, 6.45) is -7.42. The SMILES string of the molecule is FCOCC(F)(F)C(F)C(F)F. The van der Waals surface area contributed by atoms with Gasteiger partial charge in [0.15, 0.2) is 6.86 Å². The molecule has 0 aromatic heterocycles. The number of ether oxygens (including phenoxy) is 1. The van der Waals surface area contributed by atoms with E-state index in [1.807, 2.05) is 0 Å². The maximum atomic E-state index is 12.1. The Morgan fingerprint density at radius 3 is 2.00 bits per heavy atom. The van der Waals surface area contributed by atoms with Crippen LogP contribution in [0.4, 0.5) is 26.3 Å². The van der Waals surface area contributed by atoms with Crippen LogP contribution in [0.1, 0.15) is 0 Å². The van der Waals surface area contributed by atoms with Crippen LogP contribution in [0.25, 0.3) is 0 Å². The van der Waals surface area contributed by atoms with Crippen molar-refractivity contribution < 1.29 is 31.1 Å². The highest BCUT2D eigenvalue weighted by Gasteiger charge is 2.46. The molecule has 0 aliphatic rings. The second-order valence-electron chi connectivity index (χ2n) is 1.95. The normalized spacial score (nSPS) is 15.2. The lowest BCUT2D eigenvalue weighted by Crippen LogP contribution is -2.39. The van der Waals surface area contributed by atoms with E-state index in [4.69, 9.17) is 0 Å². The van der Waals surface area contributed by atoms with Gasteiger partial charge in [0, 0.05) is 0 Å². The van der Waals surface area contributed by atoms with Crippen LogP contribution in [0, 0.1) is 0 Å². The molecule has 0 saturated heterocycles. The van der Waals surface area contributed by atoms with Gasteiger partial charge in [0.25, 0.3) is 6.43 Å². The van der Waals surface area contributed by atoms with Crippen LogP contribution >= 0.6 is 0 Å². The molecule has 0 heterocycles. The summed E-state index contributed by atoms with van der Waals surface area (Å²) in [5.74, 6) is -4.35. The summed E-state index contributed by atoms with van der Waals surface area (Å²) in [6, 6.07) is 0. The summed E-state index contributed by atoms with van der Waals surface area (Å²) >= 11 is 0. The van der Waals surface area contributed by atoms with Crippen molar-refractivity contribution in [3.8, 4) is 0 Å². The monoisotopic (exact) mass is 196 g/mol. The van der Waals surface area contributed by atoms with Crippen molar-refractivity contribution in [2.45, 2.75) is 18.5 Å². The third kappa shape index (κ3) is 3.29. The van der Waals surface area contributed by atoms with Crippen LogP contribution in [-0.4, -0.2) is 32.0 Å². The smallest absolute Gasteiger partial charge is 0.307 e. The van der Waals surface area contributed by atoms with Crippen LogP contribution in [0.3, 0.4) is 0 Å². The molecule has 0 rings (SSSR count). The number of hydrogen-bond donors (Lipinski definition) is 0. The second kappa shape index (κ2) is 4.54. The van der Waals surface area contributed by atoms with Gasteiger partial charge in [-0.1, -0.05) is 0 Å². The largest absolute Gasteiger partial charge is 0.344 e. The Kier molecular flexibility index (Phi) is 4.36. The molecule has 0 N–H and O–H groups in total. The molecule has 0 aromatic rings. The van der Waals surface area contributed by atoms with Crippen molar-refractivity contribution in [2.24, 2.45) is 0 Å². The molecule has 0 fully saturated rings. The lowest BCUT2D eigenvalue weighted by Gasteiger charge is -2.18. The molecule has 1 unspecified atom stereocenters. The third-order valence-corrected chi connectivity index (χ3v) is 0.996. The summed E-state index contributed by atoms with van der Waals surface area (Å²) in [5.41, 5.74) is 0. The Labute approximate surface area is 64.3 Å². The van der Waals surface area contributed by atoms with Crippen LogP contribution in [0.2, 0.25) is 0 Å². The summed E-state index contributed by atoms with van der Waals surface area (Å²) < 4.78 is 73.4. The molecule has 1 nitrogen and oxygen atoms in total. The van der Waals surface area contributed by atoms with Gasteiger partial charge in [-0.15, -0.1) is 0 Å². The number of hydrogen-bond acceptors (Lipinski definition) is 1. The number of halogens is 6. The maximum Gasteiger partial charge on any atom is 0.307 e. The van der Waals surface area contributed by atoms with E-state index in [-0.39, 0.29) is 0 Å². The van der Waals surface area contributed by atoms with Gasteiger partial charge in [0.1, 0.15) is 6.61 Å². The van der Waals surface area contributed by atoms with Gasteiger partial charge in [-0.2, -0.15) is 0 Å². The molecule has 0 aliphatic heterocycles. The molecule has 0 aromatic carbocycles. The predicted molar refractivity (Wildman–Crippen MR) is 27.8 cm³/mol. The highest BCUT2D eigenvalue weighted by atomic mass is 19.3. The molecule has 12 heavy (non-hydrogen) atoms. The molecule has 74 valence electrons. The van der Waals surface area contributed by atoms with Gasteiger partial charge < -0.3 is 4.74 Å². The quantitative estimate of drug-likeness (QED) is 0.612. The lowest BCUT2D eigenvalue weighted by atomic mass is 10.2. The zero-order valence-corrected chi connectivity index (χ0v) is 5.74. The van der Waals surface area contributed by atoms with Crippen LogP contribution < -0.4 is 0 Å². The molecular formula is C5H6F6O. The van der Waals surface area contributed by atoms with E-state index in [1.54, 1.807) is 0 Å². The van der Waals surface area contributed by atoms with E-state index in [9.17, 15) is 26.3 Å². The van der Waals surface area contributed by atoms with Crippen LogP contribution in [0.15, 0.2) is 0 Å². The first-order valence-corrected chi connectivity index (χ1v) is 2.85. The molecule has 0 radical (unpaired) electrons. The topological polar surface area (TPSA) is 9.23 Å².